The van der Waals surface area contributed by atoms with Crippen molar-refractivity contribution in [2.24, 2.45) is 0 Å². The molecule has 1 aromatic carbocycles. The zero-order valence-electron chi connectivity index (χ0n) is 12.4. The quantitative estimate of drug-likeness (QED) is 0.846. The van der Waals surface area contributed by atoms with Crippen molar-refractivity contribution >= 4 is 11.8 Å². The van der Waals surface area contributed by atoms with Gasteiger partial charge in [-0.3, -0.25) is 0 Å². The summed E-state index contributed by atoms with van der Waals surface area (Å²) < 4.78 is 5.73. The topological polar surface area (TPSA) is 41.5 Å². The second kappa shape index (κ2) is 7.91. The summed E-state index contributed by atoms with van der Waals surface area (Å²) >= 11 is 2.02. The first-order chi connectivity index (χ1) is 9.65. The van der Waals surface area contributed by atoms with Crippen molar-refractivity contribution in [2.45, 2.75) is 38.8 Å². The summed E-state index contributed by atoms with van der Waals surface area (Å²) in [5.41, 5.74) is 2.29. The van der Waals surface area contributed by atoms with Crippen LogP contribution in [0.15, 0.2) is 18.2 Å². The number of benzene rings is 1. The van der Waals surface area contributed by atoms with Crippen molar-refractivity contribution in [2.75, 3.05) is 24.7 Å². The third kappa shape index (κ3) is 5.00. The lowest BCUT2D eigenvalue weighted by Gasteiger charge is -2.24. The molecule has 0 aliphatic carbocycles. The smallest absolute Gasteiger partial charge is 0.122 e. The Morgan fingerprint density at radius 2 is 2.10 bits per heavy atom. The number of aryl methyl sites for hydroxylation is 2. The van der Waals surface area contributed by atoms with E-state index in [0.29, 0.717) is 19.2 Å². The van der Waals surface area contributed by atoms with E-state index in [1.54, 1.807) is 0 Å². The minimum atomic E-state index is -0.454. The molecule has 0 amide bonds. The SMILES string of the molecule is Cc1ccc(C)c(OCC(O)CNC2CCSCC2)c1. The fourth-order valence-electron chi connectivity index (χ4n) is 2.31. The van der Waals surface area contributed by atoms with Crippen LogP contribution in [0.5, 0.6) is 5.75 Å². The van der Waals surface area contributed by atoms with Crippen molar-refractivity contribution in [3.63, 3.8) is 0 Å². The summed E-state index contributed by atoms with van der Waals surface area (Å²) in [7, 11) is 0. The minimum absolute atomic E-state index is 0.346. The van der Waals surface area contributed by atoms with Gasteiger partial charge in [0.25, 0.3) is 0 Å². The summed E-state index contributed by atoms with van der Waals surface area (Å²) in [4.78, 5) is 0. The molecule has 1 atom stereocenters. The van der Waals surface area contributed by atoms with Gasteiger partial charge in [0.15, 0.2) is 0 Å². The largest absolute Gasteiger partial charge is 0.491 e. The van der Waals surface area contributed by atoms with Gasteiger partial charge in [0.1, 0.15) is 18.5 Å². The highest BCUT2D eigenvalue weighted by Crippen LogP contribution is 2.19. The number of rotatable bonds is 6. The van der Waals surface area contributed by atoms with Gasteiger partial charge in [-0.2, -0.15) is 11.8 Å². The number of hydrogen-bond donors (Lipinski definition) is 2. The van der Waals surface area contributed by atoms with Crippen LogP contribution in [0.1, 0.15) is 24.0 Å². The summed E-state index contributed by atoms with van der Waals surface area (Å²) in [6.07, 6.45) is 1.95. The van der Waals surface area contributed by atoms with Crippen LogP contribution < -0.4 is 10.1 Å². The van der Waals surface area contributed by atoms with Gasteiger partial charge in [0, 0.05) is 12.6 Å². The van der Waals surface area contributed by atoms with Crippen LogP contribution in [-0.4, -0.2) is 41.9 Å². The molecule has 1 unspecified atom stereocenters. The summed E-state index contributed by atoms with van der Waals surface area (Å²) in [5.74, 6) is 3.33. The van der Waals surface area contributed by atoms with E-state index in [0.717, 1.165) is 11.3 Å². The van der Waals surface area contributed by atoms with E-state index in [1.807, 2.05) is 31.7 Å². The van der Waals surface area contributed by atoms with E-state index < -0.39 is 6.10 Å². The predicted molar refractivity (Wildman–Crippen MR) is 85.8 cm³/mol. The summed E-state index contributed by atoms with van der Waals surface area (Å²) in [6.45, 7) is 5.03. The van der Waals surface area contributed by atoms with Crippen LogP contribution in [0.25, 0.3) is 0 Å². The number of aliphatic hydroxyl groups is 1. The Balaban J connectivity index is 1.71. The van der Waals surface area contributed by atoms with E-state index in [1.165, 1.54) is 29.9 Å². The number of aliphatic hydroxyl groups excluding tert-OH is 1. The number of hydrogen-bond acceptors (Lipinski definition) is 4. The normalized spacial score (nSPS) is 17.9. The Kier molecular flexibility index (Phi) is 6.20. The molecule has 1 fully saturated rings. The van der Waals surface area contributed by atoms with E-state index in [9.17, 15) is 5.11 Å². The van der Waals surface area contributed by atoms with Gasteiger partial charge in [-0.15, -0.1) is 0 Å². The Bertz CT molecular complexity index is 419. The van der Waals surface area contributed by atoms with Crippen LogP contribution in [0.3, 0.4) is 0 Å². The number of thioether (sulfide) groups is 1. The van der Waals surface area contributed by atoms with Crippen molar-refractivity contribution < 1.29 is 9.84 Å². The molecule has 0 bridgehead atoms. The van der Waals surface area contributed by atoms with Gasteiger partial charge in [0.2, 0.25) is 0 Å². The highest BCUT2D eigenvalue weighted by Gasteiger charge is 2.15. The fraction of sp³-hybridized carbons (Fsp3) is 0.625. The van der Waals surface area contributed by atoms with Crippen LogP contribution in [0.2, 0.25) is 0 Å². The van der Waals surface area contributed by atoms with Crippen molar-refractivity contribution in [3.05, 3.63) is 29.3 Å². The first-order valence-electron chi connectivity index (χ1n) is 7.34. The standard InChI is InChI=1S/C16H25NO2S/c1-12-3-4-13(2)16(9-12)19-11-15(18)10-17-14-5-7-20-8-6-14/h3-4,9,14-15,17-18H,5-8,10-11H2,1-2H3. The van der Waals surface area contributed by atoms with E-state index in [2.05, 4.69) is 17.4 Å². The van der Waals surface area contributed by atoms with Gasteiger partial charge >= 0.3 is 0 Å². The molecule has 4 heteroatoms. The maximum atomic E-state index is 10.0. The van der Waals surface area contributed by atoms with Gasteiger partial charge < -0.3 is 15.2 Å². The molecule has 0 spiro atoms. The first-order valence-corrected chi connectivity index (χ1v) is 8.50. The zero-order chi connectivity index (χ0) is 14.4. The lowest BCUT2D eigenvalue weighted by molar-refractivity contribution is 0.103. The van der Waals surface area contributed by atoms with Crippen molar-refractivity contribution in [1.29, 1.82) is 0 Å². The van der Waals surface area contributed by atoms with Crippen molar-refractivity contribution in [3.8, 4) is 5.75 Å². The molecule has 1 heterocycles. The maximum absolute atomic E-state index is 10.0. The zero-order valence-corrected chi connectivity index (χ0v) is 13.2. The monoisotopic (exact) mass is 295 g/mol. The third-order valence-corrected chi connectivity index (χ3v) is 4.69. The molecular weight excluding hydrogens is 270 g/mol. The predicted octanol–water partition coefficient (Wildman–Crippen LogP) is 2.53. The highest BCUT2D eigenvalue weighted by atomic mass is 32.2. The molecule has 20 heavy (non-hydrogen) atoms. The molecule has 2 rings (SSSR count). The molecule has 2 N–H and O–H groups in total. The maximum Gasteiger partial charge on any atom is 0.122 e. The molecule has 0 saturated carbocycles. The average Bonchev–Trinajstić information content (AvgIpc) is 2.47. The van der Waals surface area contributed by atoms with Gasteiger partial charge in [-0.25, -0.2) is 0 Å². The van der Waals surface area contributed by atoms with E-state index >= 15 is 0 Å². The van der Waals surface area contributed by atoms with Gasteiger partial charge in [-0.05, 0) is 55.4 Å². The molecule has 0 radical (unpaired) electrons. The number of ether oxygens (including phenoxy) is 1. The average molecular weight is 295 g/mol. The van der Waals surface area contributed by atoms with Gasteiger partial charge in [0.05, 0.1) is 0 Å². The summed E-state index contributed by atoms with van der Waals surface area (Å²) in [5, 5.41) is 13.4. The molecular formula is C16H25NO2S. The van der Waals surface area contributed by atoms with Crippen LogP contribution in [0, 0.1) is 13.8 Å². The molecule has 1 aliphatic heterocycles. The molecule has 3 nitrogen and oxygen atoms in total. The van der Waals surface area contributed by atoms with E-state index in [-0.39, 0.29) is 0 Å². The highest BCUT2D eigenvalue weighted by molar-refractivity contribution is 7.99. The Labute approximate surface area is 126 Å². The third-order valence-electron chi connectivity index (χ3n) is 3.64. The fourth-order valence-corrected chi connectivity index (χ4v) is 3.42. The first kappa shape index (κ1) is 15.7. The second-order valence-corrected chi connectivity index (χ2v) is 6.75. The van der Waals surface area contributed by atoms with Crippen LogP contribution >= 0.6 is 11.8 Å². The molecule has 0 aromatic heterocycles. The van der Waals surface area contributed by atoms with Crippen LogP contribution in [0.4, 0.5) is 0 Å². The molecule has 112 valence electrons. The molecule has 1 aromatic rings. The minimum Gasteiger partial charge on any atom is -0.491 e. The Morgan fingerprint density at radius 1 is 1.35 bits per heavy atom. The Morgan fingerprint density at radius 3 is 2.85 bits per heavy atom. The molecule has 1 saturated heterocycles. The lowest BCUT2D eigenvalue weighted by Crippen LogP contribution is -2.39. The van der Waals surface area contributed by atoms with Crippen LogP contribution in [-0.2, 0) is 0 Å². The van der Waals surface area contributed by atoms with Crippen molar-refractivity contribution in [1.82, 2.24) is 5.32 Å². The summed E-state index contributed by atoms with van der Waals surface area (Å²) in [6, 6.07) is 6.70. The molecule has 1 aliphatic rings. The Hall–Kier alpha value is -0.710. The lowest BCUT2D eigenvalue weighted by atomic mass is 10.1. The van der Waals surface area contributed by atoms with E-state index in [4.69, 9.17) is 4.74 Å². The number of nitrogens with one attached hydrogen (secondary N) is 1. The van der Waals surface area contributed by atoms with Gasteiger partial charge in [-0.1, -0.05) is 12.1 Å². The second-order valence-electron chi connectivity index (χ2n) is 5.53.